The van der Waals surface area contributed by atoms with Crippen LogP contribution in [0.4, 0.5) is 11.5 Å². The van der Waals surface area contributed by atoms with Crippen LogP contribution in [0, 0.1) is 0 Å². The minimum Gasteiger partial charge on any atom is -0.348 e. The van der Waals surface area contributed by atoms with Gasteiger partial charge in [0, 0.05) is 39.9 Å². The molecule has 2 heterocycles. The van der Waals surface area contributed by atoms with E-state index in [1.807, 2.05) is 54.6 Å². The van der Waals surface area contributed by atoms with Crippen molar-refractivity contribution in [2.75, 3.05) is 5.32 Å². The van der Waals surface area contributed by atoms with Crippen LogP contribution in [0.3, 0.4) is 0 Å². The Morgan fingerprint density at radius 1 is 0.886 bits per heavy atom. The van der Waals surface area contributed by atoms with Crippen molar-refractivity contribution < 1.29 is 4.79 Å². The first-order valence-electron chi connectivity index (χ1n) is 10.8. The fraction of sp³-hybridized carbons (Fsp3) is 0.0370. The highest BCUT2D eigenvalue weighted by Gasteiger charge is 2.15. The lowest BCUT2D eigenvalue weighted by Gasteiger charge is -2.15. The van der Waals surface area contributed by atoms with Gasteiger partial charge in [-0.15, -0.1) is 0 Å². The summed E-state index contributed by atoms with van der Waals surface area (Å²) in [5, 5.41) is 8.16. The van der Waals surface area contributed by atoms with Crippen LogP contribution >= 0.6 is 23.2 Å². The van der Waals surface area contributed by atoms with Crippen molar-refractivity contribution in [2.24, 2.45) is 0 Å². The average Bonchev–Trinajstić information content (AvgIpc) is 2.89. The standard InChI is InChI=1S/C27H19Cl2N5O/c28-19-11-12-24-21(14-19)26(34-25(32-24)18-7-5-13-30-15-18)33-23-10-4-2-8-20(23)27(35)31-16-17-6-1-3-9-22(17)29/h1-15H,16H2,(H,31,35)(H,32,33,34). The molecule has 8 heteroatoms. The molecule has 3 aromatic carbocycles. The summed E-state index contributed by atoms with van der Waals surface area (Å²) < 4.78 is 0. The van der Waals surface area contributed by atoms with E-state index in [1.165, 1.54) is 0 Å². The molecule has 0 unspecified atom stereocenters. The van der Waals surface area contributed by atoms with Crippen LogP contribution in [0.15, 0.2) is 91.3 Å². The molecule has 0 radical (unpaired) electrons. The molecule has 0 fully saturated rings. The van der Waals surface area contributed by atoms with Gasteiger partial charge in [0.2, 0.25) is 0 Å². The van der Waals surface area contributed by atoms with E-state index in [9.17, 15) is 4.79 Å². The molecule has 1 amide bonds. The van der Waals surface area contributed by atoms with Crippen molar-refractivity contribution in [3.63, 3.8) is 0 Å². The largest absolute Gasteiger partial charge is 0.348 e. The van der Waals surface area contributed by atoms with Gasteiger partial charge < -0.3 is 10.6 Å². The second-order valence-corrected chi connectivity index (χ2v) is 8.59. The van der Waals surface area contributed by atoms with Gasteiger partial charge in [-0.2, -0.15) is 0 Å². The van der Waals surface area contributed by atoms with E-state index in [2.05, 4.69) is 20.6 Å². The van der Waals surface area contributed by atoms with Crippen molar-refractivity contribution in [1.29, 1.82) is 0 Å². The molecule has 0 spiro atoms. The van der Waals surface area contributed by atoms with Crippen molar-refractivity contribution in [3.05, 3.63) is 112 Å². The quantitative estimate of drug-likeness (QED) is 0.272. The Kier molecular flexibility index (Phi) is 6.57. The second-order valence-electron chi connectivity index (χ2n) is 7.74. The van der Waals surface area contributed by atoms with Gasteiger partial charge in [0.25, 0.3) is 5.91 Å². The Labute approximate surface area is 212 Å². The molecule has 0 aliphatic rings. The van der Waals surface area contributed by atoms with Crippen molar-refractivity contribution in [2.45, 2.75) is 6.54 Å². The third kappa shape index (κ3) is 5.09. The number of aromatic nitrogens is 3. The highest BCUT2D eigenvalue weighted by Crippen LogP contribution is 2.30. The molecule has 172 valence electrons. The number of nitrogens with zero attached hydrogens (tertiary/aromatic N) is 3. The number of nitrogens with one attached hydrogen (secondary N) is 2. The van der Waals surface area contributed by atoms with Crippen LogP contribution in [0.1, 0.15) is 15.9 Å². The number of hydrogen-bond acceptors (Lipinski definition) is 5. The Bertz CT molecular complexity index is 1530. The first-order chi connectivity index (χ1) is 17.1. The number of hydrogen-bond donors (Lipinski definition) is 2. The van der Waals surface area contributed by atoms with Gasteiger partial charge in [-0.05, 0) is 54.1 Å². The van der Waals surface area contributed by atoms with E-state index in [1.54, 1.807) is 36.7 Å². The molecule has 0 bridgehead atoms. The number of para-hydroxylation sites is 1. The number of carbonyl (C=O) groups is 1. The summed E-state index contributed by atoms with van der Waals surface area (Å²) in [4.78, 5) is 26.7. The fourth-order valence-corrected chi connectivity index (χ4v) is 4.02. The van der Waals surface area contributed by atoms with E-state index < -0.39 is 0 Å². The van der Waals surface area contributed by atoms with Crippen molar-refractivity contribution in [3.8, 4) is 11.4 Å². The summed E-state index contributed by atoms with van der Waals surface area (Å²) in [5.74, 6) is 0.802. The van der Waals surface area contributed by atoms with E-state index in [0.29, 0.717) is 45.0 Å². The number of halogens is 2. The monoisotopic (exact) mass is 499 g/mol. The van der Waals surface area contributed by atoms with E-state index in [-0.39, 0.29) is 5.91 Å². The SMILES string of the molecule is O=C(NCc1ccccc1Cl)c1ccccc1Nc1nc(-c2cccnc2)nc2ccc(Cl)cc12. The van der Waals surface area contributed by atoms with Crippen LogP contribution in [0.2, 0.25) is 10.0 Å². The maximum atomic E-state index is 13.1. The number of rotatable bonds is 6. The van der Waals surface area contributed by atoms with Gasteiger partial charge >= 0.3 is 0 Å². The number of carbonyl (C=O) groups excluding carboxylic acids is 1. The molecular weight excluding hydrogens is 481 g/mol. The van der Waals surface area contributed by atoms with Gasteiger partial charge in [-0.1, -0.05) is 53.5 Å². The van der Waals surface area contributed by atoms with E-state index in [0.717, 1.165) is 16.5 Å². The van der Waals surface area contributed by atoms with Crippen molar-refractivity contribution in [1.82, 2.24) is 20.3 Å². The molecular formula is C27H19Cl2N5O. The molecule has 0 aliphatic carbocycles. The molecule has 0 saturated carbocycles. The predicted molar refractivity (Wildman–Crippen MR) is 140 cm³/mol. The van der Waals surface area contributed by atoms with Gasteiger partial charge in [0.05, 0.1) is 16.8 Å². The summed E-state index contributed by atoms with van der Waals surface area (Å²) in [7, 11) is 0. The van der Waals surface area contributed by atoms with E-state index >= 15 is 0 Å². The number of amides is 1. The zero-order valence-electron chi connectivity index (χ0n) is 18.4. The first kappa shape index (κ1) is 22.8. The highest BCUT2D eigenvalue weighted by molar-refractivity contribution is 6.31. The fourth-order valence-electron chi connectivity index (χ4n) is 3.65. The molecule has 2 aromatic heterocycles. The first-order valence-corrected chi connectivity index (χ1v) is 11.6. The van der Waals surface area contributed by atoms with Gasteiger partial charge in [0.1, 0.15) is 5.82 Å². The molecule has 35 heavy (non-hydrogen) atoms. The average molecular weight is 500 g/mol. The number of benzene rings is 3. The minimum absolute atomic E-state index is 0.239. The molecule has 0 atom stereocenters. The lowest BCUT2D eigenvalue weighted by molar-refractivity contribution is 0.0952. The van der Waals surface area contributed by atoms with Crippen LogP contribution in [-0.4, -0.2) is 20.9 Å². The van der Waals surface area contributed by atoms with Crippen molar-refractivity contribution >= 4 is 51.5 Å². The molecule has 5 aromatic rings. The Morgan fingerprint density at radius 2 is 1.71 bits per heavy atom. The molecule has 2 N–H and O–H groups in total. The Balaban J connectivity index is 1.50. The zero-order valence-corrected chi connectivity index (χ0v) is 19.9. The maximum absolute atomic E-state index is 13.1. The minimum atomic E-state index is -0.239. The van der Waals surface area contributed by atoms with Crippen LogP contribution < -0.4 is 10.6 Å². The Hall–Kier alpha value is -4.00. The molecule has 0 aliphatic heterocycles. The van der Waals surface area contributed by atoms with Crippen LogP contribution in [-0.2, 0) is 6.54 Å². The maximum Gasteiger partial charge on any atom is 0.253 e. The predicted octanol–water partition coefficient (Wildman–Crippen LogP) is 6.67. The second kappa shape index (κ2) is 10.1. The zero-order chi connectivity index (χ0) is 24.2. The summed E-state index contributed by atoms with van der Waals surface area (Å²) in [6.07, 6.45) is 3.40. The Morgan fingerprint density at radius 3 is 2.54 bits per heavy atom. The summed E-state index contributed by atoms with van der Waals surface area (Å²) in [6.45, 7) is 0.310. The number of anilines is 2. The number of pyridine rings is 1. The summed E-state index contributed by atoms with van der Waals surface area (Å²) >= 11 is 12.5. The third-order valence-corrected chi connectivity index (χ3v) is 6.00. The number of fused-ring (bicyclic) bond motifs is 1. The van der Waals surface area contributed by atoms with Crippen LogP contribution in [0.25, 0.3) is 22.3 Å². The van der Waals surface area contributed by atoms with Crippen LogP contribution in [0.5, 0.6) is 0 Å². The lowest BCUT2D eigenvalue weighted by Crippen LogP contribution is -2.23. The molecule has 6 nitrogen and oxygen atoms in total. The topological polar surface area (TPSA) is 79.8 Å². The highest BCUT2D eigenvalue weighted by atomic mass is 35.5. The van der Waals surface area contributed by atoms with Gasteiger partial charge in [0.15, 0.2) is 5.82 Å². The molecule has 0 saturated heterocycles. The van der Waals surface area contributed by atoms with Gasteiger partial charge in [-0.3, -0.25) is 9.78 Å². The summed E-state index contributed by atoms with van der Waals surface area (Å²) in [6, 6.07) is 23.8. The third-order valence-electron chi connectivity index (χ3n) is 5.40. The van der Waals surface area contributed by atoms with Gasteiger partial charge in [-0.25, -0.2) is 9.97 Å². The smallest absolute Gasteiger partial charge is 0.253 e. The molecule has 5 rings (SSSR count). The lowest BCUT2D eigenvalue weighted by atomic mass is 10.1. The summed E-state index contributed by atoms with van der Waals surface area (Å²) in [5.41, 5.74) is 3.40. The normalized spacial score (nSPS) is 10.8. The van der Waals surface area contributed by atoms with E-state index in [4.69, 9.17) is 28.2 Å².